The zero-order chi connectivity index (χ0) is 14.8. The summed E-state index contributed by atoms with van der Waals surface area (Å²) in [4.78, 5) is 12.1. The molecule has 0 aliphatic rings. The largest absolute Gasteiger partial charge is 0.503 e. The smallest absolute Gasteiger partial charge is 0.394 e. The van der Waals surface area contributed by atoms with Crippen molar-refractivity contribution in [1.29, 1.82) is 0 Å². The molecule has 0 amide bonds. The molecule has 3 aromatic rings. The van der Waals surface area contributed by atoms with Gasteiger partial charge in [-0.3, -0.25) is 0 Å². The van der Waals surface area contributed by atoms with Crippen molar-refractivity contribution < 1.29 is 35.5 Å². The van der Waals surface area contributed by atoms with Crippen LogP contribution in [0.4, 0.5) is 0 Å². The summed E-state index contributed by atoms with van der Waals surface area (Å²) in [6.07, 6.45) is 0. The monoisotopic (exact) mass is 395 g/mol. The Bertz CT molecular complexity index is 837. The SMILES string of the molecule is COc1ccc([I+]c2c(O)c3ccccc3oc2=O)cc1. The summed E-state index contributed by atoms with van der Waals surface area (Å²) in [6.45, 7) is 0. The molecule has 0 spiro atoms. The molecule has 2 aromatic carbocycles. The Morgan fingerprint density at radius 3 is 2.52 bits per heavy atom. The molecule has 0 saturated heterocycles. The Hall–Kier alpha value is -2.02. The topological polar surface area (TPSA) is 59.7 Å². The van der Waals surface area contributed by atoms with Crippen LogP contribution in [0.3, 0.4) is 0 Å². The summed E-state index contributed by atoms with van der Waals surface area (Å²) in [5.74, 6) is 0.794. The third-order valence-electron chi connectivity index (χ3n) is 2.98. The van der Waals surface area contributed by atoms with Gasteiger partial charge in [0.25, 0.3) is 0 Å². The second kappa shape index (κ2) is 5.77. The number of benzene rings is 2. The molecule has 0 aliphatic heterocycles. The molecule has 5 heteroatoms. The molecule has 1 aromatic heterocycles. The molecular formula is C16H12IO4+. The van der Waals surface area contributed by atoms with E-state index in [2.05, 4.69) is 0 Å². The first-order chi connectivity index (χ1) is 10.2. The zero-order valence-electron chi connectivity index (χ0n) is 11.2. The maximum Gasteiger partial charge on any atom is 0.394 e. The first-order valence-electron chi connectivity index (χ1n) is 6.23. The van der Waals surface area contributed by atoms with Crippen LogP contribution < -0.4 is 31.6 Å². The van der Waals surface area contributed by atoms with E-state index in [4.69, 9.17) is 9.15 Å². The van der Waals surface area contributed by atoms with Gasteiger partial charge in [0.2, 0.25) is 0 Å². The Balaban J connectivity index is 2.05. The van der Waals surface area contributed by atoms with E-state index in [-0.39, 0.29) is 5.75 Å². The van der Waals surface area contributed by atoms with Crippen molar-refractivity contribution in [3.8, 4) is 11.5 Å². The van der Waals surface area contributed by atoms with Crippen molar-refractivity contribution in [3.05, 3.63) is 66.1 Å². The first-order valence-corrected chi connectivity index (χ1v) is 8.38. The molecule has 1 N–H and O–H groups in total. The zero-order valence-corrected chi connectivity index (χ0v) is 13.3. The number of aromatic hydroxyl groups is 1. The summed E-state index contributed by atoms with van der Waals surface area (Å²) in [6, 6.07) is 14.5. The lowest BCUT2D eigenvalue weighted by Gasteiger charge is -1.99. The summed E-state index contributed by atoms with van der Waals surface area (Å²) in [5.41, 5.74) is -0.0580. The van der Waals surface area contributed by atoms with E-state index in [1.54, 1.807) is 31.4 Å². The van der Waals surface area contributed by atoms with Gasteiger partial charge in [-0.25, -0.2) is 4.79 Å². The average molecular weight is 395 g/mol. The molecule has 4 nitrogen and oxygen atoms in total. The number of halogens is 1. The number of methoxy groups -OCH3 is 1. The number of hydrogen-bond donors (Lipinski definition) is 1. The molecule has 106 valence electrons. The fraction of sp³-hybridized carbons (Fsp3) is 0.0625. The number of ether oxygens (including phenoxy) is 1. The van der Waals surface area contributed by atoms with E-state index in [0.29, 0.717) is 14.5 Å². The quantitative estimate of drug-likeness (QED) is 0.486. The van der Waals surface area contributed by atoms with Gasteiger partial charge >= 0.3 is 30.4 Å². The van der Waals surface area contributed by atoms with Gasteiger partial charge < -0.3 is 14.3 Å². The van der Waals surface area contributed by atoms with Crippen molar-refractivity contribution in [2.45, 2.75) is 0 Å². The van der Waals surface area contributed by atoms with Gasteiger partial charge in [0, 0.05) is 0 Å². The van der Waals surface area contributed by atoms with Crippen LogP contribution in [0.1, 0.15) is 0 Å². The van der Waals surface area contributed by atoms with Crippen LogP contribution >= 0.6 is 0 Å². The van der Waals surface area contributed by atoms with Crippen LogP contribution in [0.5, 0.6) is 11.5 Å². The number of fused-ring (bicyclic) bond motifs is 1. The van der Waals surface area contributed by atoms with E-state index in [0.717, 1.165) is 9.32 Å². The third-order valence-corrected chi connectivity index (χ3v) is 5.82. The van der Waals surface area contributed by atoms with Gasteiger partial charge in [0.1, 0.15) is 11.3 Å². The van der Waals surface area contributed by atoms with E-state index in [1.807, 2.05) is 24.3 Å². The Morgan fingerprint density at radius 1 is 1.10 bits per heavy atom. The highest BCUT2D eigenvalue weighted by Crippen LogP contribution is 2.21. The van der Waals surface area contributed by atoms with Gasteiger partial charge in [-0.1, -0.05) is 12.1 Å². The molecule has 0 bridgehead atoms. The van der Waals surface area contributed by atoms with Gasteiger partial charge in [-0.2, -0.15) is 0 Å². The van der Waals surface area contributed by atoms with Crippen LogP contribution in [0.15, 0.2) is 57.7 Å². The van der Waals surface area contributed by atoms with Crippen molar-refractivity contribution in [2.75, 3.05) is 7.11 Å². The molecule has 0 radical (unpaired) electrons. The molecule has 3 rings (SSSR count). The second-order valence-corrected chi connectivity index (χ2v) is 7.16. The molecule has 21 heavy (non-hydrogen) atoms. The average Bonchev–Trinajstić information content (AvgIpc) is 2.52. The van der Waals surface area contributed by atoms with Crippen LogP contribution in [-0.4, -0.2) is 12.2 Å². The van der Waals surface area contributed by atoms with Crippen molar-refractivity contribution in [1.82, 2.24) is 0 Å². The lowest BCUT2D eigenvalue weighted by molar-refractivity contribution is -0.600. The first kappa shape index (κ1) is 13.9. The molecule has 0 aliphatic carbocycles. The van der Waals surface area contributed by atoms with Crippen molar-refractivity contribution in [2.24, 2.45) is 0 Å². The second-order valence-electron chi connectivity index (χ2n) is 4.30. The fourth-order valence-electron chi connectivity index (χ4n) is 1.94. The van der Waals surface area contributed by atoms with Gasteiger partial charge in [0.15, 0.2) is 9.32 Å². The number of para-hydroxylation sites is 1. The fourth-order valence-corrected chi connectivity index (χ4v) is 4.16. The summed E-state index contributed by atoms with van der Waals surface area (Å²) >= 11 is -0.819. The van der Waals surface area contributed by atoms with E-state index >= 15 is 0 Å². The predicted molar refractivity (Wildman–Crippen MR) is 74.5 cm³/mol. The van der Waals surface area contributed by atoms with E-state index in [9.17, 15) is 9.90 Å². The maximum atomic E-state index is 12.1. The highest BCUT2D eigenvalue weighted by atomic mass is 127. The molecule has 1 heterocycles. The minimum Gasteiger partial charge on any atom is -0.503 e. The molecule has 0 unspecified atom stereocenters. The van der Waals surface area contributed by atoms with Crippen LogP contribution in [0.2, 0.25) is 0 Å². The van der Waals surface area contributed by atoms with E-state index in [1.165, 1.54) is 0 Å². The summed E-state index contributed by atoms with van der Waals surface area (Å²) < 4.78 is 11.8. The van der Waals surface area contributed by atoms with Crippen molar-refractivity contribution >= 4 is 11.0 Å². The van der Waals surface area contributed by atoms with Crippen LogP contribution in [0.25, 0.3) is 11.0 Å². The minimum atomic E-state index is -0.819. The summed E-state index contributed by atoms with van der Waals surface area (Å²) in [7, 11) is 1.61. The van der Waals surface area contributed by atoms with Crippen molar-refractivity contribution in [3.63, 3.8) is 0 Å². The molecule has 0 atom stereocenters. The van der Waals surface area contributed by atoms with Crippen LogP contribution in [0, 0.1) is 7.14 Å². The third kappa shape index (κ3) is 2.73. The Morgan fingerprint density at radius 2 is 1.81 bits per heavy atom. The highest BCUT2D eigenvalue weighted by molar-refractivity contribution is 5.82. The Kier molecular flexibility index (Phi) is 3.83. The lowest BCUT2D eigenvalue weighted by Crippen LogP contribution is -3.62. The predicted octanol–water partition coefficient (Wildman–Crippen LogP) is -0.364. The maximum absolute atomic E-state index is 12.1. The highest BCUT2D eigenvalue weighted by Gasteiger charge is 2.28. The molecule has 0 saturated carbocycles. The number of rotatable bonds is 3. The van der Waals surface area contributed by atoms with Crippen LogP contribution in [-0.2, 0) is 0 Å². The number of hydrogen-bond acceptors (Lipinski definition) is 4. The normalized spacial score (nSPS) is 10.7. The van der Waals surface area contributed by atoms with Gasteiger partial charge in [0.05, 0.1) is 12.5 Å². The Labute approximate surface area is 131 Å². The van der Waals surface area contributed by atoms with Gasteiger partial charge in [-0.05, 0) is 36.4 Å². The summed E-state index contributed by atoms with van der Waals surface area (Å²) in [5, 5.41) is 10.9. The minimum absolute atomic E-state index is 0.0328. The standard InChI is InChI=1S/C16H11IO4/c1-20-11-8-6-10(7-9-11)17-14-15(18)12-4-2-3-5-13(12)21-16(14)19/h2-9H,1H3/p+1. The molecule has 0 fully saturated rings. The van der Waals surface area contributed by atoms with E-state index < -0.39 is 26.8 Å². The van der Waals surface area contributed by atoms with Gasteiger partial charge in [-0.15, -0.1) is 0 Å². The lowest BCUT2D eigenvalue weighted by atomic mass is 10.2. The molecular weight excluding hydrogens is 383 g/mol.